The maximum atomic E-state index is 12.9. The molecule has 0 aliphatic carbocycles. The summed E-state index contributed by atoms with van der Waals surface area (Å²) in [5, 5.41) is 10.7. The Hall–Kier alpha value is -3.09. The Balaban J connectivity index is 1.39. The van der Waals surface area contributed by atoms with Crippen LogP contribution < -0.4 is 9.47 Å². The van der Waals surface area contributed by atoms with Gasteiger partial charge in [-0.3, -0.25) is 4.79 Å². The standard InChI is InChI=1S/C20H22N4O3/c1-26-16-5-2-6-17(11-16)27-13-14-4-3-9-24(12-14)20(25)15-7-8-18-19(10-15)22-23-21-18/h2,5-8,10-11,14H,3-4,9,12-13H2,1H3,(H,21,22,23)/t14-/m0/s1. The molecule has 1 saturated heterocycles. The fraction of sp³-hybridized carbons (Fsp3) is 0.350. The Morgan fingerprint density at radius 1 is 1.19 bits per heavy atom. The first-order chi connectivity index (χ1) is 13.2. The smallest absolute Gasteiger partial charge is 0.253 e. The lowest BCUT2D eigenvalue weighted by atomic mass is 9.98. The Morgan fingerprint density at radius 3 is 2.93 bits per heavy atom. The van der Waals surface area contributed by atoms with Crippen molar-refractivity contribution in [2.75, 3.05) is 26.8 Å². The van der Waals surface area contributed by atoms with Gasteiger partial charge in [-0.15, -0.1) is 0 Å². The number of hydrogen-bond donors (Lipinski definition) is 1. The van der Waals surface area contributed by atoms with Gasteiger partial charge < -0.3 is 14.4 Å². The van der Waals surface area contributed by atoms with Gasteiger partial charge >= 0.3 is 0 Å². The first-order valence-corrected chi connectivity index (χ1v) is 9.09. The van der Waals surface area contributed by atoms with Gasteiger partial charge in [0.2, 0.25) is 0 Å². The molecule has 2 aromatic carbocycles. The van der Waals surface area contributed by atoms with E-state index in [0.29, 0.717) is 30.1 Å². The number of methoxy groups -OCH3 is 1. The third-order valence-corrected chi connectivity index (χ3v) is 4.90. The number of carbonyl (C=O) groups excluding carboxylic acids is 1. The Morgan fingerprint density at radius 2 is 2.04 bits per heavy atom. The van der Waals surface area contributed by atoms with Gasteiger partial charge in [0.1, 0.15) is 22.5 Å². The number of amides is 1. The van der Waals surface area contributed by atoms with E-state index in [4.69, 9.17) is 9.47 Å². The van der Waals surface area contributed by atoms with Crippen molar-refractivity contribution < 1.29 is 14.3 Å². The summed E-state index contributed by atoms with van der Waals surface area (Å²) < 4.78 is 11.2. The zero-order valence-electron chi connectivity index (χ0n) is 15.2. The van der Waals surface area contributed by atoms with Crippen molar-refractivity contribution in [1.82, 2.24) is 20.3 Å². The molecule has 3 aromatic rings. The van der Waals surface area contributed by atoms with Gasteiger partial charge in [-0.2, -0.15) is 15.4 Å². The predicted octanol–water partition coefficient (Wildman–Crippen LogP) is 2.90. The number of H-pyrrole nitrogens is 1. The number of aromatic amines is 1. The minimum atomic E-state index is 0.0333. The van der Waals surface area contributed by atoms with Crippen molar-refractivity contribution >= 4 is 16.9 Å². The van der Waals surface area contributed by atoms with Crippen LogP contribution in [0, 0.1) is 5.92 Å². The molecule has 1 aliphatic rings. The Bertz CT molecular complexity index is 940. The number of rotatable bonds is 5. The molecule has 0 bridgehead atoms. The summed E-state index contributed by atoms with van der Waals surface area (Å²) in [6, 6.07) is 13.0. The van der Waals surface area contributed by atoms with E-state index in [1.807, 2.05) is 41.3 Å². The molecule has 1 atom stereocenters. The summed E-state index contributed by atoms with van der Waals surface area (Å²) >= 11 is 0. The van der Waals surface area contributed by atoms with Gasteiger partial charge in [0.15, 0.2) is 0 Å². The highest BCUT2D eigenvalue weighted by Crippen LogP contribution is 2.23. The van der Waals surface area contributed by atoms with Crippen LogP contribution in [0.2, 0.25) is 0 Å². The highest BCUT2D eigenvalue weighted by molar-refractivity contribution is 5.97. The van der Waals surface area contributed by atoms with Gasteiger partial charge in [0, 0.05) is 30.6 Å². The maximum absolute atomic E-state index is 12.9. The number of benzene rings is 2. The number of fused-ring (bicyclic) bond motifs is 1. The molecule has 0 unspecified atom stereocenters. The lowest BCUT2D eigenvalue weighted by molar-refractivity contribution is 0.0633. The monoisotopic (exact) mass is 366 g/mol. The fourth-order valence-corrected chi connectivity index (χ4v) is 3.45. The summed E-state index contributed by atoms with van der Waals surface area (Å²) in [4.78, 5) is 14.8. The van der Waals surface area contributed by atoms with E-state index < -0.39 is 0 Å². The number of aromatic nitrogens is 3. The van der Waals surface area contributed by atoms with E-state index in [1.165, 1.54) is 0 Å². The predicted molar refractivity (Wildman–Crippen MR) is 101 cm³/mol. The fourth-order valence-electron chi connectivity index (χ4n) is 3.45. The van der Waals surface area contributed by atoms with Gasteiger partial charge in [-0.05, 0) is 43.2 Å². The van der Waals surface area contributed by atoms with Gasteiger partial charge in [-0.1, -0.05) is 6.07 Å². The number of piperidine rings is 1. The van der Waals surface area contributed by atoms with Crippen molar-refractivity contribution in [3.63, 3.8) is 0 Å². The summed E-state index contributed by atoms with van der Waals surface area (Å²) in [5.74, 6) is 1.90. The quantitative estimate of drug-likeness (QED) is 0.751. The molecule has 1 amide bonds. The lowest BCUT2D eigenvalue weighted by Gasteiger charge is -2.32. The zero-order valence-corrected chi connectivity index (χ0v) is 15.2. The van der Waals surface area contributed by atoms with Crippen LogP contribution in [-0.2, 0) is 0 Å². The van der Waals surface area contributed by atoms with Crippen molar-refractivity contribution in [2.24, 2.45) is 5.92 Å². The number of likely N-dealkylation sites (tertiary alicyclic amines) is 1. The van der Waals surface area contributed by atoms with Crippen LogP contribution in [0.4, 0.5) is 0 Å². The summed E-state index contributed by atoms with van der Waals surface area (Å²) in [6.07, 6.45) is 2.03. The maximum Gasteiger partial charge on any atom is 0.253 e. The number of nitrogens with one attached hydrogen (secondary N) is 1. The highest BCUT2D eigenvalue weighted by atomic mass is 16.5. The van der Waals surface area contributed by atoms with Crippen LogP contribution in [0.1, 0.15) is 23.2 Å². The highest BCUT2D eigenvalue weighted by Gasteiger charge is 2.25. The van der Waals surface area contributed by atoms with E-state index in [2.05, 4.69) is 15.4 Å². The molecule has 7 heteroatoms. The molecular formula is C20H22N4O3. The molecular weight excluding hydrogens is 344 g/mol. The molecule has 27 heavy (non-hydrogen) atoms. The number of ether oxygens (including phenoxy) is 2. The summed E-state index contributed by atoms with van der Waals surface area (Å²) in [7, 11) is 1.64. The van der Waals surface area contributed by atoms with E-state index in [-0.39, 0.29) is 5.91 Å². The van der Waals surface area contributed by atoms with Crippen LogP contribution in [0.15, 0.2) is 42.5 Å². The van der Waals surface area contributed by atoms with Crippen LogP contribution in [0.3, 0.4) is 0 Å². The molecule has 0 spiro atoms. The van der Waals surface area contributed by atoms with Gasteiger partial charge in [0.25, 0.3) is 5.91 Å². The third-order valence-electron chi connectivity index (χ3n) is 4.90. The Labute approximate surface area is 157 Å². The number of carbonyl (C=O) groups is 1. The zero-order chi connectivity index (χ0) is 18.6. The van der Waals surface area contributed by atoms with E-state index in [1.54, 1.807) is 13.2 Å². The average molecular weight is 366 g/mol. The van der Waals surface area contributed by atoms with Gasteiger partial charge in [0.05, 0.1) is 13.7 Å². The van der Waals surface area contributed by atoms with Crippen LogP contribution in [0.25, 0.3) is 11.0 Å². The molecule has 0 radical (unpaired) electrons. The minimum absolute atomic E-state index is 0.0333. The SMILES string of the molecule is COc1cccc(OC[C@H]2CCCN(C(=O)c3ccc4n[nH]nc4c3)C2)c1. The first kappa shape index (κ1) is 17.3. The molecule has 2 heterocycles. The molecule has 1 N–H and O–H groups in total. The van der Waals surface area contributed by atoms with Crippen LogP contribution in [-0.4, -0.2) is 53.0 Å². The topological polar surface area (TPSA) is 80.3 Å². The van der Waals surface area contributed by atoms with Gasteiger partial charge in [-0.25, -0.2) is 0 Å². The van der Waals surface area contributed by atoms with Crippen LogP contribution >= 0.6 is 0 Å². The van der Waals surface area contributed by atoms with Crippen molar-refractivity contribution in [2.45, 2.75) is 12.8 Å². The van der Waals surface area contributed by atoms with Crippen molar-refractivity contribution in [1.29, 1.82) is 0 Å². The second-order valence-corrected chi connectivity index (χ2v) is 6.78. The molecule has 7 nitrogen and oxygen atoms in total. The van der Waals surface area contributed by atoms with Crippen molar-refractivity contribution in [3.8, 4) is 11.5 Å². The second kappa shape index (κ2) is 7.65. The molecule has 1 aliphatic heterocycles. The lowest BCUT2D eigenvalue weighted by Crippen LogP contribution is -2.41. The minimum Gasteiger partial charge on any atom is -0.497 e. The largest absolute Gasteiger partial charge is 0.497 e. The van der Waals surface area contributed by atoms with E-state index in [0.717, 1.165) is 36.4 Å². The summed E-state index contributed by atoms with van der Waals surface area (Å²) in [5.41, 5.74) is 2.11. The summed E-state index contributed by atoms with van der Waals surface area (Å²) in [6.45, 7) is 2.05. The average Bonchev–Trinajstić information content (AvgIpc) is 3.20. The molecule has 1 fully saturated rings. The van der Waals surface area contributed by atoms with Crippen molar-refractivity contribution in [3.05, 3.63) is 48.0 Å². The normalized spacial score (nSPS) is 17.1. The number of hydrogen-bond acceptors (Lipinski definition) is 5. The molecule has 140 valence electrons. The van der Waals surface area contributed by atoms with Crippen LogP contribution in [0.5, 0.6) is 11.5 Å². The second-order valence-electron chi connectivity index (χ2n) is 6.78. The van der Waals surface area contributed by atoms with E-state index in [9.17, 15) is 4.79 Å². The molecule has 1 aromatic heterocycles. The third kappa shape index (κ3) is 3.86. The first-order valence-electron chi connectivity index (χ1n) is 9.09. The number of nitrogens with zero attached hydrogens (tertiary/aromatic N) is 3. The molecule has 0 saturated carbocycles. The Kier molecular flexibility index (Phi) is 4.91. The van der Waals surface area contributed by atoms with E-state index >= 15 is 0 Å². The molecule has 4 rings (SSSR count).